The van der Waals surface area contributed by atoms with E-state index >= 15 is 0 Å². The number of carbonyl (C=O) groups excluding carboxylic acids is 3. The second-order valence-electron chi connectivity index (χ2n) is 5.62. The molecule has 0 fully saturated rings. The lowest BCUT2D eigenvalue weighted by Crippen LogP contribution is -2.24. The number of nitrogens with one attached hydrogen (secondary N) is 1. The molecule has 0 saturated heterocycles. The summed E-state index contributed by atoms with van der Waals surface area (Å²) in [5.74, 6) is -1.61. The van der Waals surface area contributed by atoms with E-state index in [0.717, 1.165) is 12.1 Å². The quantitative estimate of drug-likeness (QED) is 0.574. The predicted octanol–water partition coefficient (Wildman–Crippen LogP) is 3.47. The Hall–Kier alpha value is -3.36. The Morgan fingerprint density at radius 1 is 0.964 bits per heavy atom. The summed E-state index contributed by atoms with van der Waals surface area (Å²) in [6, 6.07) is 10.5. The number of amides is 1. The zero-order chi connectivity index (χ0) is 20.7. The molecule has 0 heterocycles. The molecule has 0 saturated carbocycles. The van der Waals surface area contributed by atoms with Gasteiger partial charge in [-0.2, -0.15) is 13.2 Å². The van der Waals surface area contributed by atoms with Crippen molar-refractivity contribution in [3.8, 4) is 5.75 Å². The molecule has 2 aromatic carbocycles. The molecule has 28 heavy (non-hydrogen) atoms. The molecule has 1 N–H and O–H groups in total. The monoisotopic (exact) mass is 395 g/mol. The van der Waals surface area contributed by atoms with E-state index in [2.05, 4.69) is 10.1 Å². The van der Waals surface area contributed by atoms with Gasteiger partial charge in [0.05, 0.1) is 11.3 Å². The van der Waals surface area contributed by atoms with Gasteiger partial charge in [0, 0.05) is 5.56 Å². The minimum atomic E-state index is -4.63. The number of ether oxygens (including phenoxy) is 2. The van der Waals surface area contributed by atoms with Crippen molar-refractivity contribution in [2.45, 2.75) is 13.1 Å². The van der Waals surface area contributed by atoms with Crippen LogP contribution in [0.25, 0.3) is 0 Å². The Morgan fingerprint density at radius 2 is 1.61 bits per heavy atom. The Labute approximate surface area is 158 Å². The third-order valence-corrected chi connectivity index (χ3v) is 3.49. The van der Waals surface area contributed by atoms with E-state index in [1.54, 1.807) is 0 Å². The SMILES string of the molecule is CC(=O)c1ccc(OCC(=O)OCC(=O)Nc2ccccc2C(F)(F)F)cc1. The smallest absolute Gasteiger partial charge is 0.418 e. The van der Waals surface area contributed by atoms with Crippen LogP contribution in [0.15, 0.2) is 48.5 Å². The third kappa shape index (κ3) is 6.11. The number of Topliss-reactive ketones (excluding diaryl/α,β-unsaturated/α-hetero) is 1. The van der Waals surface area contributed by atoms with E-state index in [1.807, 2.05) is 0 Å². The average Bonchev–Trinajstić information content (AvgIpc) is 2.64. The molecule has 9 heteroatoms. The Bertz CT molecular complexity index is 863. The van der Waals surface area contributed by atoms with Gasteiger partial charge in [-0.3, -0.25) is 9.59 Å². The van der Waals surface area contributed by atoms with Crippen molar-refractivity contribution in [1.29, 1.82) is 0 Å². The first-order chi connectivity index (χ1) is 13.2. The lowest BCUT2D eigenvalue weighted by Gasteiger charge is -2.13. The largest absolute Gasteiger partial charge is 0.482 e. The Morgan fingerprint density at radius 3 is 2.21 bits per heavy atom. The lowest BCUT2D eigenvalue weighted by molar-refractivity contribution is -0.149. The van der Waals surface area contributed by atoms with E-state index in [-0.39, 0.29) is 5.78 Å². The maximum Gasteiger partial charge on any atom is 0.418 e. The number of esters is 1. The van der Waals surface area contributed by atoms with E-state index in [0.29, 0.717) is 11.3 Å². The number of hydrogen-bond acceptors (Lipinski definition) is 5. The number of alkyl halides is 3. The molecule has 0 aliphatic carbocycles. The molecule has 6 nitrogen and oxygen atoms in total. The van der Waals surface area contributed by atoms with Crippen molar-refractivity contribution in [3.05, 3.63) is 59.7 Å². The second kappa shape index (κ2) is 9.03. The lowest BCUT2D eigenvalue weighted by atomic mass is 10.1. The fraction of sp³-hybridized carbons (Fsp3) is 0.211. The molecule has 0 radical (unpaired) electrons. The average molecular weight is 395 g/mol. The third-order valence-electron chi connectivity index (χ3n) is 3.49. The van der Waals surface area contributed by atoms with Gasteiger partial charge in [0.25, 0.3) is 5.91 Å². The number of ketones is 1. The zero-order valence-electron chi connectivity index (χ0n) is 14.7. The van der Waals surface area contributed by atoms with Gasteiger partial charge in [-0.05, 0) is 43.3 Å². The van der Waals surface area contributed by atoms with Crippen molar-refractivity contribution in [1.82, 2.24) is 0 Å². The number of anilines is 1. The number of rotatable bonds is 7. The van der Waals surface area contributed by atoms with Crippen LogP contribution in [0.2, 0.25) is 0 Å². The summed E-state index contributed by atoms with van der Waals surface area (Å²) in [6.45, 7) is 0.134. The van der Waals surface area contributed by atoms with Gasteiger partial charge in [0.2, 0.25) is 0 Å². The van der Waals surface area contributed by atoms with Gasteiger partial charge in [0.15, 0.2) is 19.0 Å². The van der Waals surface area contributed by atoms with Gasteiger partial charge in [-0.25, -0.2) is 4.79 Å². The van der Waals surface area contributed by atoms with Crippen LogP contribution in [0.5, 0.6) is 5.75 Å². The molecule has 2 aromatic rings. The van der Waals surface area contributed by atoms with Crippen LogP contribution in [0.4, 0.5) is 18.9 Å². The topological polar surface area (TPSA) is 81.7 Å². The molecule has 2 rings (SSSR count). The van der Waals surface area contributed by atoms with Gasteiger partial charge in [-0.1, -0.05) is 12.1 Å². The van der Waals surface area contributed by atoms with Crippen molar-refractivity contribution in [2.75, 3.05) is 18.5 Å². The number of benzene rings is 2. The van der Waals surface area contributed by atoms with Crippen molar-refractivity contribution in [3.63, 3.8) is 0 Å². The summed E-state index contributed by atoms with van der Waals surface area (Å²) in [5.41, 5.74) is -0.962. The number of para-hydroxylation sites is 1. The van der Waals surface area contributed by atoms with Gasteiger partial charge in [-0.15, -0.1) is 0 Å². The molecule has 148 valence electrons. The molecular formula is C19H16F3NO5. The normalized spacial score (nSPS) is 10.9. The highest BCUT2D eigenvalue weighted by Crippen LogP contribution is 2.34. The van der Waals surface area contributed by atoms with E-state index < -0.39 is 42.5 Å². The van der Waals surface area contributed by atoms with Crippen LogP contribution in [-0.4, -0.2) is 30.9 Å². The minimum absolute atomic E-state index is 0.121. The molecule has 0 unspecified atom stereocenters. The fourth-order valence-electron chi connectivity index (χ4n) is 2.14. The number of carbonyl (C=O) groups is 3. The molecule has 0 bridgehead atoms. The van der Waals surface area contributed by atoms with Crippen LogP contribution in [-0.2, 0) is 20.5 Å². The van der Waals surface area contributed by atoms with Crippen LogP contribution >= 0.6 is 0 Å². The highest BCUT2D eigenvalue weighted by molar-refractivity contribution is 5.94. The van der Waals surface area contributed by atoms with Crippen molar-refractivity contribution < 1.29 is 37.0 Å². The summed E-state index contributed by atoms with van der Waals surface area (Å²) in [7, 11) is 0. The second-order valence-corrected chi connectivity index (χ2v) is 5.62. The van der Waals surface area contributed by atoms with Gasteiger partial charge < -0.3 is 14.8 Å². The summed E-state index contributed by atoms with van der Waals surface area (Å²) in [4.78, 5) is 34.5. The Balaban J connectivity index is 1.81. The van der Waals surface area contributed by atoms with Gasteiger partial charge >= 0.3 is 12.1 Å². The Kier molecular flexibility index (Phi) is 6.75. The van der Waals surface area contributed by atoms with Crippen molar-refractivity contribution in [2.24, 2.45) is 0 Å². The summed E-state index contributed by atoms with van der Waals surface area (Å²) < 4.78 is 48.4. The maximum absolute atomic E-state index is 12.9. The molecule has 0 aromatic heterocycles. The fourth-order valence-corrected chi connectivity index (χ4v) is 2.14. The molecule has 1 amide bonds. The molecule has 0 spiro atoms. The van der Waals surface area contributed by atoms with Gasteiger partial charge in [0.1, 0.15) is 5.75 Å². The molecule has 0 atom stereocenters. The summed E-state index contributed by atoms with van der Waals surface area (Å²) in [5, 5.41) is 2.05. The first-order valence-electron chi connectivity index (χ1n) is 8.02. The number of hydrogen-bond donors (Lipinski definition) is 1. The van der Waals surface area contributed by atoms with Crippen LogP contribution < -0.4 is 10.1 Å². The zero-order valence-corrected chi connectivity index (χ0v) is 14.7. The predicted molar refractivity (Wildman–Crippen MR) is 93.0 cm³/mol. The maximum atomic E-state index is 12.9. The highest BCUT2D eigenvalue weighted by Gasteiger charge is 2.33. The number of halogens is 3. The van der Waals surface area contributed by atoms with E-state index in [9.17, 15) is 27.6 Å². The molecule has 0 aliphatic heterocycles. The highest BCUT2D eigenvalue weighted by atomic mass is 19.4. The first-order valence-corrected chi connectivity index (χ1v) is 8.02. The molecular weight excluding hydrogens is 379 g/mol. The first kappa shape index (κ1) is 20.9. The summed E-state index contributed by atoms with van der Waals surface area (Å²) >= 11 is 0. The molecule has 0 aliphatic rings. The van der Waals surface area contributed by atoms with E-state index in [4.69, 9.17) is 4.74 Å². The minimum Gasteiger partial charge on any atom is -0.482 e. The standard InChI is InChI=1S/C19H16F3NO5/c1-12(24)13-6-8-14(9-7-13)27-11-18(26)28-10-17(25)23-16-5-3-2-4-15(16)19(20,21)22/h2-9H,10-11H2,1H3,(H,23,25). The van der Waals surface area contributed by atoms with Crippen LogP contribution in [0.3, 0.4) is 0 Å². The van der Waals surface area contributed by atoms with E-state index in [1.165, 1.54) is 43.3 Å². The van der Waals surface area contributed by atoms with Crippen LogP contribution in [0.1, 0.15) is 22.8 Å². The summed E-state index contributed by atoms with van der Waals surface area (Å²) in [6.07, 6.45) is -4.63. The van der Waals surface area contributed by atoms with Crippen LogP contribution in [0, 0.1) is 0 Å². The van der Waals surface area contributed by atoms with Crippen molar-refractivity contribution >= 4 is 23.3 Å².